The van der Waals surface area contributed by atoms with E-state index in [1.54, 1.807) is 49.4 Å². The minimum absolute atomic E-state index is 0.00799. The van der Waals surface area contributed by atoms with E-state index in [0.29, 0.717) is 22.6 Å². The summed E-state index contributed by atoms with van der Waals surface area (Å²) in [4.78, 5) is 23.7. The van der Waals surface area contributed by atoms with Gasteiger partial charge < -0.3 is 15.2 Å². The van der Waals surface area contributed by atoms with Gasteiger partial charge in [-0.3, -0.25) is 4.79 Å². The molecular formula is C21H16FNO4. The number of halogens is 1. The van der Waals surface area contributed by atoms with Crippen LogP contribution in [0.25, 0.3) is 0 Å². The molecular weight excluding hydrogens is 349 g/mol. The first kappa shape index (κ1) is 18.1. The van der Waals surface area contributed by atoms with Crippen LogP contribution >= 0.6 is 0 Å². The lowest BCUT2D eigenvalue weighted by Crippen LogP contribution is -2.15. The predicted molar refractivity (Wildman–Crippen MR) is 99.0 cm³/mol. The van der Waals surface area contributed by atoms with Crippen LogP contribution in [0, 0.1) is 12.7 Å². The molecule has 6 heteroatoms. The van der Waals surface area contributed by atoms with Crippen molar-refractivity contribution in [3.05, 3.63) is 89.2 Å². The summed E-state index contributed by atoms with van der Waals surface area (Å²) < 4.78 is 18.9. The number of benzene rings is 3. The van der Waals surface area contributed by atoms with Crippen LogP contribution < -0.4 is 10.1 Å². The fraction of sp³-hybridized carbons (Fsp3) is 0.0476. The van der Waals surface area contributed by atoms with Crippen molar-refractivity contribution in [2.75, 3.05) is 5.32 Å². The fourth-order valence-corrected chi connectivity index (χ4v) is 2.54. The average molecular weight is 365 g/mol. The lowest BCUT2D eigenvalue weighted by atomic mass is 10.1. The summed E-state index contributed by atoms with van der Waals surface area (Å²) in [7, 11) is 0. The molecule has 0 bridgehead atoms. The molecule has 27 heavy (non-hydrogen) atoms. The Morgan fingerprint density at radius 1 is 1.00 bits per heavy atom. The highest BCUT2D eigenvalue weighted by Crippen LogP contribution is 2.26. The first-order valence-electron chi connectivity index (χ1n) is 8.12. The van der Waals surface area contributed by atoms with Crippen LogP contribution in [0.4, 0.5) is 10.1 Å². The highest BCUT2D eigenvalue weighted by atomic mass is 19.1. The molecule has 3 aromatic rings. The highest BCUT2D eigenvalue weighted by molar-refractivity contribution is 6.07. The van der Waals surface area contributed by atoms with Crippen molar-refractivity contribution in [2.24, 2.45) is 0 Å². The van der Waals surface area contributed by atoms with Crippen LogP contribution in [0.1, 0.15) is 26.3 Å². The Labute approximate surface area is 155 Å². The zero-order valence-corrected chi connectivity index (χ0v) is 14.4. The number of carbonyl (C=O) groups excluding carboxylic acids is 1. The number of nitrogens with one attached hydrogen (secondary N) is 1. The minimum atomic E-state index is -1.12. The molecule has 0 aliphatic carbocycles. The second-order valence-electron chi connectivity index (χ2n) is 5.84. The number of para-hydroxylation sites is 1. The summed E-state index contributed by atoms with van der Waals surface area (Å²) in [6, 6.07) is 16.7. The number of rotatable bonds is 5. The molecule has 136 valence electrons. The van der Waals surface area contributed by atoms with Gasteiger partial charge in [0, 0.05) is 11.6 Å². The van der Waals surface area contributed by atoms with Crippen LogP contribution in [0.15, 0.2) is 66.7 Å². The first-order valence-corrected chi connectivity index (χ1v) is 8.12. The third-order valence-electron chi connectivity index (χ3n) is 3.87. The molecule has 2 N–H and O–H groups in total. The quantitative estimate of drug-likeness (QED) is 0.676. The molecule has 0 saturated heterocycles. The Balaban J connectivity index is 1.79. The topological polar surface area (TPSA) is 75.6 Å². The summed E-state index contributed by atoms with van der Waals surface area (Å²) >= 11 is 0. The molecule has 1 amide bonds. The van der Waals surface area contributed by atoms with Crippen molar-refractivity contribution in [3.63, 3.8) is 0 Å². The van der Waals surface area contributed by atoms with Crippen LogP contribution in [-0.2, 0) is 0 Å². The van der Waals surface area contributed by atoms with Crippen LogP contribution in [0.3, 0.4) is 0 Å². The molecule has 0 spiro atoms. The number of carboxylic acids is 1. The summed E-state index contributed by atoms with van der Waals surface area (Å²) in [5.74, 6) is -1.13. The van der Waals surface area contributed by atoms with Gasteiger partial charge in [0.25, 0.3) is 5.91 Å². The summed E-state index contributed by atoms with van der Waals surface area (Å²) in [5, 5.41) is 11.8. The highest BCUT2D eigenvalue weighted by Gasteiger charge is 2.14. The molecule has 3 aromatic carbocycles. The van der Waals surface area contributed by atoms with Crippen molar-refractivity contribution in [2.45, 2.75) is 6.92 Å². The van der Waals surface area contributed by atoms with Gasteiger partial charge >= 0.3 is 5.97 Å². The number of carbonyl (C=O) groups is 2. The lowest BCUT2D eigenvalue weighted by molar-refractivity contribution is 0.0698. The average Bonchev–Trinajstić information content (AvgIpc) is 2.63. The van der Waals surface area contributed by atoms with E-state index in [-0.39, 0.29) is 11.3 Å². The van der Waals surface area contributed by atoms with E-state index < -0.39 is 17.7 Å². The molecule has 0 radical (unpaired) electrons. The Morgan fingerprint density at radius 2 is 1.78 bits per heavy atom. The summed E-state index contributed by atoms with van der Waals surface area (Å²) in [6.07, 6.45) is 0. The van der Waals surface area contributed by atoms with Gasteiger partial charge in [-0.05, 0) is 55.0 Å². The minimum Gasteiger partial charge on any atom is -0.478 e. The number of aromatic carboxylic acids is 1. The van der Waals surface area contributed by atoms with Gasteiger partial charge in [-0.2, -0.15) is 0 Å². The number of carboxylic acid groups (broad SMARTS) is 1. The van der Waals surface area contributed by atoms with Gasteiger partial charge in [-0.1, -0.05) is 18.2 Å². The third-order valence-corrected chi connectivity index (χ3v) is 3.87. The van der Waals surface area contributed by atoms with Crippen molar-refractivity contribution < 1.29 is 23.8 Å². The SMILES string of the molecule is Cc1cc(C(=O)Nc2ccccc2C(=O)O)ccc1Oc1cccc(F)c1. The van der Waals surface area contributed by atoms with Gasteiger partial charge in [-0.15, -0.1) is 0 Å². The third kappa shape index (κ3) is 4.30. The van der Waals surface area contributed by atoms with E-state index in [0.717, 1.165) is 0 Å². The molecule has 0 saturated carbocycles. The van der Waals surface area contributed by atoms with Crippen molar-refractivity contribution in [1.29, 1.82) is 0 Å². The fourth-order valence-electron chi connectivity index (χ4n) is 2.54. The van der Waals surface area contributed by atoms with Crippen LogP contribution in [-0.4, -0.2) is 17.0 Å². The molecule has 0 heterocycles. The largest absolute Gasteiger partial charge is 0.478 e. The standard InChI is InChI=1S/C21H16FNO4/c1-13-11-14(9-10-19(13)27-16-6-4-5-15(22)12-16)20(24)23-18-8-3-2-7-17(18)21(25)26/h2-12H,1H3,(H,23,24)(H,25,26). The van der Waals surface area contributed by atoms with E-state index in [1.165, 1.54) is 24.3 Å². The zero-order chi connectivity index (χ0) is 19.4. The molecule has 0 atom stereocenters. The predicted octanol–water partition coefficient (Wildman–Crippen LogP) is 4.88. The van der Waals surface area contributed by atoms with Crippen LogP contribution in [0.5, 0.6) is 11.5 Å². The van der Waals surface area contributed by atoms with E-state index in [1.807, 2.05) is 0 Å². The lowest BCUT2D eigenvalue weighted by Gasteiger charge is -2.12. The van der Waals surface area contributed by atoms with E-state index in [2.05, 4.69) is 5.32 Å². The Kier molecular flexibility index (Phi) is 5.17. The second-order valence-corrected chi connectivity index (χ2v) is 5.84. The Morgan fingerprint density at radius 3 is 2.48 bits per heavy atom. The van der Waals surface area contributed by atoms with Gasteiger partial charge in [-0.25, -0.2) is 9.18 Å². The van der Waals surface area contributed by atoms with E-state index in [9.17, 15) is 19.1 Å². The molecule has 3 rings (SSSR count). The molecule has 0 aliphatic heterocycles. The normalized spacial score (nSPS) is 10.3. The van der Waals surface area contributed by atoms with Crippen molar-refractivity contribution in [1.82, 2.24) is 0 Å². The maximum absolute atomic E-state index is 13.3. The number of ether oxygens (including phenoxy) is 1. The first-order chi connectivity index (χ1) is 12.9. The summed E-state index contributed by atoms with van der Waals surface area (Å²) in [6.45, 7) is 1.76. The van der Waals surface area contributed by atoms with Crippen molar-refractivity contribution in [3.8, 4) is 11.5 Å². The summed E-state index contributed by atoms with van der Waals surface area (Å²) in [5.41, 5.74) is 1.25. The Hall–Kier alpha value is -3.67. The molecule has 5 nitrogen and oxygen atoms in total. The number of aryl methyl sites for hydroxylation is 1. The molecule has 0 aromatic heterocycles. The monoisotopic (exact) mass is 365 g/mol. The molecule has 0 fully saturated rings. The van der Waals surface area contributed by atoms with Crippen molar-refractivity contribution >= 4 is 17.6 Å². The van der Waals surface area contributed by atoms with Gasteiger partial charge in [0.2, 0.25) is 0 Å². The maximum atomic E-state index is 13.3. The smallest absolute Gasteiger partial charge is 0.337 e. The number of amides is 1. The van der Waals surface area contributed by atoms with Crippen LogP contribution in [0.2, 0.25) is 0 Å². The maximum Gasteiger partial charge on any atom is 0.337 e. The van der Waals surface area contributed by atoms with E-state index >= 15 is 0 Å². The number of hydrogen-bond donors (Lipinski definition) is 2. The molecule has 0 unspecified atom stereocenters. The molecule has 0 aliphatic rings. The van der Waals surface area contributed by atoms with Gasteiger partial charge in [0.15, 0.2) is 0 Å². The van der Waals surface area contributed by atoms with Gasteiger partial charge in [0.05, 0.1) is 11.3 Å². The Bertz CT molecular complexity index is 1020. The van der Waals surface area contributed by atoms with E-state index in [4.69, 9.17) is 4.74 Å². The zero-order valence-electron chi connectivity index (χ0n) is 14.4. The van der Waals surface area contributed by atoms with Gasteiger partial charge in [0.1, 0.15) is 17.3 Å². The number of hydrogen-bond acceptors (Lipinski definition) is 3. The number of anilines is 1. The second kappa shape index (κ2) is 7.70.